The van der Waals surface area contributed by atoms with Gasteiger partial charge in [-0.15, -0.1) is 0 Å². The number of nitrogens with zero attached hydrogens (tertiary/aromatic N) is 2. The molecule has 1 saturated heterocycles. The number of anilines is 1. The van der Waals surface area contributed by atoms with Gasteiger partial charge in [-0.1, -0.05) is 42.5 Å². The maximum Gasteiger partial charge on any atom is 0.264 e. The highest BCUT2D eigenvalue weighted by Crippen LogP contribution is 2.24. The third kappa shape index (κ3) is 5.81. The maximum atomic E-state index is 13.5. The van der Waals surface area contributed by atoms with Crippen LogP contribution in [0, 0.1) is 5.82 Å². The summed E-state index contributed by atoms with van der Waals surface area (Å²) in [5.74, 6) is -0.931. The summed E-state index contributed by atoms with van der Waals surface area (Å²) < 4.78 is 41.1. The Kier molecular flexibility index (Phi) is 7.59. The summed E-state index contributed by atoms with van der Waals surface area (Å²) in [7, 11) is -4.03. The van der Waals surface area contributed by atoms with Crippen LogP contribution < -0.4 is 9.62 Å². The average molecular weight is 482 g/mol. The van der Waals surface area contributed by atoms with E-state index in [9.17, 15) is 17.6 Å². The van der Waals surface area contributed by atoms with E-state index in [4.69, 9.17) is 0 Å². The van der Waals surface area contributed by atoms with E-state index in [1.165, 1.54) is 49.2 Å². The number of hydrogen-bond donors (Lipinski definition) is 1. The molecule has 1 amide bonds. The number of likely N-dealkylation sites (tertiary alicyclic amines) is 1. The second-order valence-electron chi connectivity index (χ2n) is 8.33. The van der Waals surface area contributed by atoms with Crippen molar-refractivity contribution in [3.05, 3.63) is 95.8 Å². The van der Waals surface area contributed by atoms with Gasteiger partial charge in [-0.25, -0.2) is 12.8 Å². The molecule has 0 bridgehead atoms. The zero-order valence-corrected chi connectivity index (χ0v) is 19.7. The summed E-state index contributed by atoms with van der Waals surface area (Å²) in [6.07, 6.45) is 2.40. The Morgan fingerprint density at radius 1 is 0.882 bits per heavy atom. The first kappa shape index (κ1) is 23.9. The molecule has 8 heteroatoms. The fourth-order valence-corrected chi connectivity index (χ4v) is 5.53. The molecule has 0 aliphatic carbocycles. The van der Waals surface area contributed by atoms with E-state index in [1.807, 2.05) is 18.2 Å². The van der Waals surface area contributed by atoms with Gasteiger partial charge in [0.15, 0.2) is 0 Å². The summed E-state index contributed by atoms with van der Waals surface area (Å²) in [4.78, 5) is 15.3. The van der Waals surface area contributed by atoms with Gasteiger partial charge in [0.1, 0.15) is 12.4 Å². The molecule has 1 heterocycles. The van der Waals surface area contributed by atoms with Crippen molar-refractivity contribution in [3.8, 4) is 0 Å². The molecular weight excluding hydrogens is 453 g/mol. The Balaban J connectivity index is 1.50. The third-order valence-electron chi connectivity index (χ3n) is 5.92. The molecule has 1 N–H and O–H groups in total. The van der Waals surface area contributed by atoms with Gasteiger partial charge in [-0.05, 0) is 73.5 Å². The van der Waals surface area contributed by atoms with Crippen molar-refractivity contribution in [1.29, 1.82) is 0 Å². The van der Waals surface area contributed by atoms with Crippen molar-refractivity contribution in [2.75, 3.05) is 23.9 Å². The molecular formula is C26H28FN3O3S. The lowest BCUT2D eigenvalue weighted by molar-refractivity contribution is -0.119. The van der Waals surface area contributed by atoms with Crippen LogP contribution in [-0.4, -0.2) is 38.9 Å². The Labute approximate surface area is 200 Å². The van der Waals surface area contributed by atoms with Crippen LogP contribution in [0.25, 0.3) is 0 Å². The van der Waals surface area contributed by atoms with Crippen LogP contribution in [0.2, 0.25) is 0 Å². The van der Waals surface area contributed by atoms with E-state index in [1.54, 1.807) is 18.2 Å². The molecule has 3 aromatic rings. The van der Waals surface area contributed by atoms with Gasteiger partial charge in [0.05, 0.1) is 10.6 Å². The van der Waals surface area contributed by atoms with Crippen LogP contribution in [-0.2, 0) is 27.9 Å². The Morgan fingerprint density at radius 2 is 1.50 bits per heavy atom. The second-order valence-corrected chi connectivity index (χ2v) is 10.2. The predicted molar refractivity (Wildman–Crippen MR) is 130 cm³/mol. The zero-order chi connectivity index (χ0) is 24.0. The Hall–Kier alpha value is -3.23. The summed E-state index contributed by atoms with van der Waals surface area (Å²) in [5, 5.41) is 2.86. The second kappa shape index (κ2) is 10.8. The van der Waals surface area contributed by atoms with E-state index in [-0.39, 0.29) is 10.6 Å². The minimum atomic E-state index is -4.03. The first-order chi connectivity index (χ1) is 16.4. The number of amides is 1. The van der Waals surface area contributed by atoms with E-state index in [0.29, 0.717) is 6.54 Å². The fourth-order valence-electron chi connectivity index (χ4n) is 4.09. The van der Waals surface area contributed by atoms with Crippen molar-refractivity contribution < 1.29 is 17.6 Å². The molecule has 0 radical (unpaired) electrons. The van der Waals surface area contributed by atoms with E-state index in [2.05, 4.69) is 16.3 Å². The predicted octanol–water partition coefficient (Wildman–Crippen LogP) is 3.93. The molecule has 178 valence electrons. The molecule has 1 aliphatic heterocycles. The highest BCUT2D eigenvalue weighted by molar-refractivity contribution is 7.92. The van der Waals surface area contributed by atoms with Crippen LogP contribution in [0.3, 0.4) is 0 Å². The smallest absolute Gasteiger partial charge is 0.264 e. The maximum absolute atomic E-state index is 13.5. The lowest BCUT2D eigenvalue weighted by atomic mass is 10.1. The third-order valence-corrected chi connectivity index (χ3v) is 7.71. The molecule has 0 aromatic heterocycles. The number of nitrogens with one attached hydrogen (secondary N) is 1. The number of rotatable bonds is 9. The fraction of sp³-hybridized carbons (Fsp3) is 0.269. The van der Waals surface area contributed by atoms with Gasteiger partial charge < -0.3 is 5.32 Å². The van der Waals surface area contributed by atoms with Gasteiger partial charge in [0.25, 0.3) is 10.0 Å². The summed E-state index contributed by atoms with van der Waals surface area (Å²) in [6, 6.07) is 20.9. The van der Waals surface area contributed by atoms with Crippen LogP contribution >= 0.6 is 0 Å². The van der Waals surface area contributed by atoms with Crippen molar-refractivity contribution in [3.63, 3.8) is 0 Å². The number of carbonyl (C=O) groups is 1. The van der Waals surface area contributed by atoms with Gasteiger partial charge in [0.2, 0.25) is 5.91 Å². The lowest BCUT2D eigenvalue weighted by Crippen LogP contribution is -2.40. The van der Waals surface area contributed by atoms with Crippen LogP contribution in [0.5, 0.6) is 0 Å². The largest absolute Gasteiger partial charge is 0.350 e. The molecule has 1 fully saturated rings. The molecule has 0 atom stereocenters. The van der Waals surface area contributed by atoms with E-state index >= 15 is 0 Å². The molecule has 0 spiro atoms. The summed E-state index contributed by atoms with van der Waals surface area (Å²) in [5.41, 5.74) is 2.37. The average Bonchev–Trinajstić information content (AvgIpc) is 3.36. The molecule has 0 unspecified atom stereocenters. The van der Waals surface area contributed by atoms with Crippen molar-refractivity contribution in [1.82, 2.24) is 10.2 Å². The van der Waals surface area contributed by atoms with Gasteiger partial charge in [-0.2, -0.15) is 0 Å². The molecule has 6 nitrogen and oxygen atoms in total. The molecule has 0 saturated carbocycles. The highest BCUT2D eigenvalue weighted by atomic mass is 32.2. The molecule has 1 aliphatic rings. The van der Waals surface area contributed by atoms with E-state index < -0.39 is 28.3 Å². The minimum Gasteiger partial charge on any atom is -0.350 e. The first-order valence-electron chi connectivity index (χ1n) is 11.3. The van der Waals surface area contributed by atoms with Gasteiger partial charge >= 0.3 is 0 Å². The standard InChI is InChI=1S/C26H28FN3O3S/c27-23-12-14-24(15-13-23)30(34(32,33)25-10-2-1-3-11-25)20-26(31)28-18-21-8-4-5-9-22(21)19-29-16-6-7-17-29/h1-5,8-15H,6-7,16-20H2,(H,28,31). The summed E-state index contributed by atoms with van der Waals surface area (Å²) >= 11 is 0. The summed E-state index contributed by atoms with van der Waals surface area (Å²) in [6.45, 7) is 2.86. The molecule has 34 heavy (non-hydrogen) atoms. The minimum absolute atomic E-state index is 0.0584. The van der Waals surface area contributed by atoms with Crippen molar-refractivity contribution in [2.45, 2.75) is 30.8 Å². The zero-order valence-electron chi connectivity index (χ0n) is 18.9. The van der Waals surface area contributed by atoms with Crippen LogP contribution in [0.15, 0.2) is 83.8 Å². The van der Waals surface area contributed by atoms with Gasteiger partial charge in [-0.3, -0.25) is 14.0 Å². The lowest BCUT2D eigenvalue weighted by Gasteiger charge is -2.24. The number of sulfonamides is 1. The van der Waals surface area contributed by atoms with Crippen LogP contribution in [0.1, 0.15) is 24.0 Å². The van der Waals surface area contributed by atoms with Crippen molar-refractivity contribution in [2.24, 2.45) is 0 Å². The van der Waals surface area contributed by atoms with Crippen molar-refractivity contribution >= 4 is 21.6 Å². The molecule has 3 aromatic carbocycles. The SMILES string of the molecule is O=C(CN(c1ccc(F)cc1)S(=O)(=O)c1ccccc1)NCc1ccccc1CN1CCCC1. The molecule has 4 rings (SSSR count). The number of halogens is 1. The number of benzene rings is 3. The Bertz CT molecular complexity index is 1210. The normalized spacial score (nSPS) is 14.1. The quantitative estimate of drug-likeness (QED) is 0.503. The number of hydrogen-bond acceptors (Lipinski definition) is 4. The first-order valence-corrected chi connectivity index (χ1v) is 12.8. The van der Waals surface area contributed by atoms with Gasteiger partial charge in [0, 0.05) is 13.1 Å². The van der Waals surface area contributed by atoms with Crippen LogP contribution in [0.4, 0.5) is 10.1 Å². The number of carbonyl (C=O) groups excluding carboxylic acids is 1. The van der Waals surface area contributed by atoms with E-state index in [0.717, 1.165) is 35.1 Å². The monoisotopic (exact) mass is 481 g/mol. The highest BCUT2D eigenvalue weighted by Gasteiger charge is 2.27. The Morgan fingerprint density at radius 3 is 2.18 bits per heavy atom. The topological polar surface area (TPSA) is 69.7 Å².